The van der Waals surface area contributed by atoms with E-state index < -0.39 is 0 Å². The van der Waals surface area contributed by atoms with Crippen molar-refractivity contribution in [1.82, 2.24) is 25.6 Å². The fourth-order valence-corrected chi connectivity index (χ4v) is 3.56. The van der Waals surface area contributed by atoms with Crippen molar-refractivity contribution in [2.45, 2.75) is 0 Å². The summed E-state index contributed by atoms with van der Waals surface area (Å²) in [7, 11) is 3.32. The van der Waals surface area contributed by atoms with Gasteiger partial charge in [-0.05, 0) is 71.4 Å². The third-order valence-electron chi connectivity index (χ3n) is 5.18. The number of ether oxygens (including phenoxy) is 2. The molecule has 7 heteroatoms. The molecule has 0 aliphatic carbocycles. The number of pyridine rings is 1. The zero-order valence-corrected chi connectivity index (χ0v) is 17.0. The highest BCUT2D eigenvalue weighted by Gasteiger charge is 2.13. The highest BCUT2D eigenvalue weighted by molar-refractivity contribution is 5.93. The maximum Gasteiger partial charge on any atom is 0.204 e. The molecule has 0 amide bonds. The monoisotopic (exact) mass is 409 g/mol. The lowest BCUT2D eigenvalue weighted by molar-refractivity contribution is 0.414. The van der Waals surface area contributed by atoms with Crippen molar-refractivity contribution >= 4 is 10.9 Å². The van der Waals surface area contributed by atoms with Crippen molar-refractivity contribution in [3.05, 3.63) is 72.8 Å². The van der Waals surface area contributed by atoms with E-state index in [-0.39, 0.29) is 0 Å². The van der Waals surface area contributed by atoms with Gasteiger partial charge >= 0.3 is 0 Å². The molecule has 3 aromatic carbocycles. The van der Waals surface area contributed by atoms with Gasteiger partial charge in [0, 0.05) is 22.1 Å². The number of nitrogens with one attached hydrogen (secondary N) is 1. The number of hydrogen-bond donors (Lipinski definition) is 1. The number of benzene rings is 3. The van der Waals surface area contributed by atoms with Crippen molar-refractivity contribution in [2.75, 3.05) is 14.2 Å². The number of hydrogen-bond acceptors (Lipinski definition) is 6. The molecule has 0 saturated heterocycles. The molecule has 152 valence electrons. The second-order valence-corrected chi connectivity index (χ2v) is 6.98. The summed E-state index contributed by atoms with van der Waals surface area (Å²) in [5.74, 6) is 2.16. The van der Waals surface area contributed by atoms with Crippen LogP contribution in [0, 0.1) is 0 Å². The molecule has 0 radical (unpaired) electrons. The van der Waals surface area contributed by atoms with Crippen LogP contribution in [0.2, 0.25) is 0 Å². The Morgan fingerprint density at radius 2 is 1.35 bits per heavy atom. The number of aromatic amines is 1. The average Bonchev–Trinajstić information content (AvgIpc) is 3.38. The van der Waals surface area contributed by atoms with E-state index in [9.17, 15) is 0 Å². The first-order valence-electron chi connectivity index (χ1n) is 9.72. The van der Waals surface area contributed by atoms with Crippen LogP contribution in [-0.4, -0.2) is 39.8 Å². The minimum absolute atomic E-state index is 0.548. The molecule has 2 aromatic heterocycles. The first-order chi connectivity index (χ1) is 15.2. The van der Waals surface area contributed by atoms with E-state index in [2.05, 4.69) is 26.7 Å². The first-order valence-corrected chi connectivity index (χ1v) is 9.72. The van der Waals surface area contributed by atoms with Gasteiger partial charge in [-0.25, -0.2) is 4.98 Å². The van der Waals surface area contributed by atoms with Crippen LogP contribution in [0.5, 0.6) is 11.5 Å². The highest BCUT2D eigenvalue weighted by Crippen LogP contribution is 2.35. The normalized spacial score (nSPS) is 10.9. The van der Waals surface area contributed by atoms with Crippen LogP contribution in [0.25, 0.3) is 44.7 Å². The Kier molecular flexibility index (Phi) is 4.76. The number of tetrazole rings is 1. The second-order valence-electron chi connectivity index (χ2n) is 6.98. The molecule has 1 N–H and O–H groups in total. The maximum atomic E-state index is 5.32. The van der Waals surface area contributed by atoms with Crippen LogP contribution < -0.4 is 9.47 Å². The Bertz CT molecular complexity index is 1330. The van der Waals surface area contributed by atoms with Crippen LogP contribution in [0.1, 0.15) is 0 Å². The van der Waals surface area contributed by atoms with E-state index in [0.29, 0.717) is 5.82 Å². The van der Waals surface area contributed by atoms with Crippen LogP contribution in [-0.2, 0) is 0 Å². The van der Waals surface area contributed by atoms with Crippen LogP contribution >= 0.6 is 0 Å². The molecule has 0 saturated carbocycles. The largest absolute Gasteiger partial charge is 0.497 e. The molecular formula is C24H19N5O2. The summed E-state index contributed by atoms with van der Waals surface area (Å²) in [4.78, 5) is 5.01. The number of H-pyrrole nitrogens is 1. The summed E-state index contributed by atoms with van der Waals surface area (Å²) < 4.78 is 10.6. The van der Waals surface area contributed by atoms with E-state index in [1.807, 2.05) is 66.7 Å². The van der Waals surface area contributed by atoms with Gasteiger partial charge in [-0.3, -0.25) is 0 Å². The van der Waals surface area contributed by atoms with Gasteiger partial charge in [-0.1, -0.05) is 12.1 Å². The van der Waals surface area contributed by atoms with Gasteiger partial charge in [-0.15, -0.1) is 10.2 Å². The quantitative estimate of drug-likeness (QED) is 0.450. The number of fused-ring (bicyclic) bond motifs is 1. The van der Waals surface area contributed by atoms with Crippen LogP contribution in [0.3, 0.4) is 0 Å². The third kappa shape index (κ3) is 3.57. The molecular weight excluding hydrogens is 390 g/mol. The Morgan fingerprint density at radius 3 is 1.97 bits per heavy atom. The van der Waals surface area contributed by atoms with Crippen molar-refractivity contribution in [1.29, 1.82) is 0 Å². The fraction of sp³-hybridized carbons (Fsp3) is 0.0833. The highest BCUT2D eigenvalue weighted by atomic mass is 16.5. The molecule has 0 unspecified atom stereocenters. The predicted octanol–water partition coefficient (Wildman–Crippen LogP) is 4.77. The zero-order chi connectivity index (χ0) is 21.2. The number of nitrogens with zero attached hydrogens (tertiary/aromatic N) is 4. The van der Waals surface area contributed by atoms with Crippen LogP contribution in [0.4, 0.5) is 0 Å². The zero-order valence-electron chi connectivity index (χ0n) is 17.0. The Morgan fingerprint density at radius 1 is 0.710 bits per heavy atom. The first kappa shape index (κ1) is 18.7. The molecule has 7 nitrogen and oxygen atoms in total. The molecule has 5 aromatic rings. The van der Waals surface area contributed by atoms with E-state index in [0.717, 1.165) is 50.3 Å². The predicted molar refractivity (Wildman–Crippen MR) is 119 cm³/mol. The van der Waals surface area contributed by atoms with Crippen molar-refractivity contribution < 1.29 is 9.47 Å². The maximum absolute atomic E-state index is 5.32. The van der Waals surface area contributed by atoms with Crippen LogP contribution in [0.15, 0.2) is 72.8 Å². The van der Waals surface area contributed by atoms with Gasteiger partial charge < -0.3 is 9.47 Å². The van der Waals surface area contributed by atoms with Gasteiger partial charge in [0.2, 0.25) is 5.82 Å². The lowest BCUT2D eigenvalue weighted by Gasteiger charge is -2.13. The van der Waals surface area contributed by atoms with Gasteiger partial charge in [0.15, 0.2) is 0 Å². The van der Waals surface area contributed by atoms with Crippen molar-refractivity contribution in [2.24, 2.45) is 0 Å². The molecule has 2 heterocycles. The number of rotatable bonds is 5. The lowest BCUT2D eigenvalue weighted by Crippen LogP contribution is -1.93. The molecule has 0 aliphatic rings. The topological polar surface area (TPSA) is 85.8 Å². The molecule has 5 rings (SSSR count). The van der Waals surface area contributed by atoms with Crippen molar-refractivity contribution in [3.8, 4) is 45.3 Å². The summed E-state index contributed by atoms with van der Waals surface area (Å²) in [5.41, 5.74) is 5.73. The molecule has 0 spiro atoms. The Balaban J connectivity index is 1.71. The lowest BCUT2D eigenvalue weighted by atomic mass is 9.96. The van der Waals surface area contributed by atoms with E-state index in [1.54, 1.807) is 14.2 Å². The summed E-state index contributed by atoms with van der Waals surface area (Å²) in [5, 5.41) is 15.3. The fourth-order valence-electron chi connectivity index (χ4n) is 3.56. The average molecular weight is 409 g/mol. The summed E-state index contributed by atoms with van der Waals surface area (Å²) in [6, 6.07) is 24.0. The van der Waals surface area contributed by atoms with Gasteiger partial charge in [0.05, 0.1) is 25.4 Å². The molecule has 0 bridgehead atoms. The minimum Gasteiger partial charge on any atom is -0.497 e. The third-order valence-corrected chi connectivity index (χ3v) is 5.18. The standard InChI is InChI=1S/C24H19N5O2/c1-30-19-8-3-15(4-9-19)21-14-18-13-17(24-26-28-29-27-24)7-12-22(18)25-23(21)16-5-10-20(31-2)11-6-16/h3-14H,1-2H3,(H,26,27,28,29). The summed E-state index contributed by atoms with van der Waals surface area (Å²) in [6.07, 6.45) is 0. The Hall–Kier alpha value is -4.26. The molecule has 0 aliphatic heterocycles. The molecule has 31 heavy (non-hydrogen) atoms. The molecule has 0 atom stereocenters. The number of aromatic nitrogens is 5. The van der Waals surface area contributed by atoms with Gasteiger partial charge in [-0.2, -0.15) is 5.21 Å². The van der Waals surface area contributed by atoms with E-state index >= 15 is 0 Å². The van der Waals surface area contributed by atoms with Gasteiger partial charge in [0.1, 0.15) is 11.5 Å². The van der Waals surface area contributed by atoms with E-state index in [1.165, 1.54) is 0 Å². The molecule has 0 fully saturated rings. The SMILES string of the molecule is COc1ccc(-c2cc3cc(-c4nn[nH]n4)ccc3nc2-c2ccc(OC)cc2)cc1. The number of methoxy groups -OCH3 is 2. The van der Waals surface area contributed by atoms with Crippen molar-refractivity contribution in [3.63, 3.8) is 0 Å². The Labute approximate surface area is 178 Å². The summed E-state index contributed by atoms with van der Waals surface area (Å²) >= 11 is 0. The summed E-state index contributed by atoms with van der Waals surface area (Å²) in [6.45, 7) is 0. The second kappa shape index (κ2) is 7.87. The smallest absolute Gasteiger partial charge is 0.204 e. The van der Waals surface area contributed by atoms with Gasteiger partial charge in [0.25, 0.3) is 0 Å². The van der Waals surface area contributed by atoms with E-state index in [4.69, 9.17) is 14.5 Å². The minimum atomic E-state index is 0.548.